The molecule has 5 nitrogen and oxygen atoms in total. The quantitative estimate of drug-likeness (QED) is 0.730. The highest BCUT2D eigenvalue weighted by molar-refractivity contribution is 5.58. The Morgan fingerprint density at radius 2 is 1.88 bits per heavy atom. The molecule has 3 aromatic rings. The van der Waals surface area contributed by atoms with E-state index in [2.05, 4.69) is 76.5 Å². The molecule has 0 unspecified atom stereocenters. The molecule has 0 aliphatic carbocycles. The maximum atomic E-state index is 4.64. The molecule has 0 aliphatic rings. The van der Waals surface area contributed by atoms with E-state index in [1.807, 2.05) is 18.2 Å². The van der Waals surface area contributed by atoms with E-state index in [1.165, 1.54) is 16.7 Å². The van der Waals surface area contributed by atoms with Crippen LogP contribution in [0.1, 0.15) is 23.6 Å². The van der Waals surface area contributed by atoms with Crippen molar-refractivity contribution in [1.29, 1.82) is 0 Å². The van der Waals surface area contributed by atoms with Crippen LogP contribution in [0.15, 0.2) is 54.7 Å². The van der Waals surface area contributed by atoms with E-state index in [-0.39, 0.29) is 0 Å². The second-order valence-electron chi connectivity index (χ2n) is 6.00. The number of anilines is 3. The summed E-state index contributed by atoms with van der Waals surface area (Å²) in [5, 5.41) is 11.7. The molecule has 3 rings (SSSR count). The van der Waals surface area contributed by atoms with E-state index in [0.29, 0.717) is 12.5 Å². The molecule has 1 aromatic heterocycles. The third-order valence-electron chi connectivity index (χ3n) is 4.14. The minimum atomic E-state index is 0.600. The van der Waals surface area contributed by atoms with Crippen molar-refractivity contribution >= 4 is 17.5 Å². The first-order valence-corrected chi connectivity index (χ1v) is 8.49. The molecule has 0 saturated heterocycles. The van der Waals surface area contributed by atoms with Crippen LogP contribution in [0.5, 0.6) is 0 Å². The summed E-state index contributed by atoms with van der Waals surface area (Å²) in [5.74, 6) is 1.32. The van der Waals surface area contributed by atoms with Crippen molar-refractivity contribution in [2.75, 3.05) is 16.8 Å². The van der Waals surface area contributed by atoms with Crippen molar-refractivity contribution in [1.82, 2.24) is 15.2 Å². The average molecular weight is 333 g/mol. The first kappa shape index (κ1) is 16.9. The van der Waals surface area contributed by atoms with Gasteiger partial charge in [-0.2, -0.15) is 10.1 Å². The van der Waals surface area contributed by atoms with Crippen molar-refractivity contribution in [2.24, 2.45) is 0 Å². The van der Waals surface area contributed by atoms with Gasteiger partial charge in [0.2, 0.25) is 0 Å². The van der Waals surface area contributed by atoms with Gasteiger partial charge in [-0.25, -0.2) is 0 Å². The first-order valence-electron chi connectivity index (χ1n) is 8.49. The van der Waals surface area contributed by atoms with Gasteiger partial charge in [-0.05, 0) is 49.6 Å². The number of hydrogen-bond acceptors (Lipinski definition) is 5. The third kappa shape index (κ3) is 4.12. The number of nitrogens with one attached hydrogen (secondary N) is 1. The highest BCUT2D eigenvalue weighted by Crippen LogP contribution is 2.23. The number of benzene rings is 2. The van der Waals surface area contributed by atoms with Crippen LogP contribution in [-0.2, 0) is 6.54 Å². The van der Waals surface area contributed by atoms with Gasteiger partial charge in [-0.15, -0.1) is 5.10 Å². The van der Waals surface area contributed by atoms with Gasteiger partial charge in [0.05, 0.1) is 6.20 Å². The predicted molar refractivity (Wildman–Crippen MR) is 102 cm³/mol. The Labute approximate surface area is 148 Å². The van der Waals surface area contributed by atoms with E-state index in [1.54, 1.807) is 6.20 Å². The summed E-state index contributed by atoms with van der Waals surface area (Å²) in [5.41, 5.74) is 4.78. The number of hydrogen-bond donors (Lipinski definition) is 1. The van der Waals surface area contributed by atoms with Crippen LogP contribution in [0.25, 0.3) is 0 Å². The van der Waals surface area contributed by atoms with Crippen LogP contribution in [0.4, 0.5) is 17.5 Å². The molecular weight excluding hydrogens is 310 g/mol. The molecule has 2 aromatic carbocycles. The fourth-order valence-electron chi connectivity index (χ4n) is 2.72. The summed E-state index contributed by atoms with van der Waals surface area (Å²) in [4.78, 5) is 6.69. The molecule has 0 radical (unpaired) electrons. The van der Waals surface area contributed by atoms with Crippen molar-refractivity contribution in [3.8, 4) is 0 Å². The normalized spacial score (nSPS) is 10.5. The molecule has 128 valence electrons. The highest BCUT2D eigenvalue weighted by Gasteiger charge is 2.12. The Morgan fingerprint density at radius 3 is 2.64 bits per heavy atom. The smallest absolute Gasteiger partial charge is 0.251 e. The molecule has 0 bridgehead atoms. The van der Waals surface area contributed by atoms with Gasteiger partial charge in [-0.3, -0.25) is 0 Å². The fourth-order valence-corrected chi connectivity index (χ4v) is 2.72. The zero-order valence-corrected chi connectivity index (χ0v) is 14.9. The zero-order valence-electron chi connectivity index (χ0n) is 14.9. The van der Waals surface area contributed by atoms with Gasteiger partial charge >= 0.3 is 0 Å². The molecule has 0 atom stereocenters. The molecule has 0 fully saturated rings. The van der Waals surface area contributed by atoms with Crippen molar-refractivity contribution in [3.05, 3.63) is 71.4 Å². The third-order valence-corrected chi connectivity index (χ3v) is 4.14. The minimum Gasteiger partial charge on any atom is -0.365 e. The van der Waals surface area contributed by atoms with E-state index >= 15 is 0 Å². The Morgan fingerprint density at radius 1 is 1.04 bits per heavy atom. The van der Waals surface area contributed by atoms with Crippen LogP contribution in [0.3, 0.4) is 0 Å². The van der Waals surface area contributed by atoms with Crippen LogP contribution in [0.2, 0.25) is 0 Å². The van der Waals surface area contributed by atoms with E-state index in [9.17, 15) is 0 Å². The van der Waals surface area contributed by atoms with Crippen LogP contribution < -0.4 is 10.2 Å². The van der Waals surface area contributed by atoms with Crippen molar-refractivity contribution < 1.29 is 0 Å². The van der Waals surface area contributed by atoms with E-state index < -0.39 is 0 Å². The lowest BCUT2D eigenvalue weighted by atomic mass is 10.1. The lowest BCUT2D eigenvalue weighted by molar-refractivity contribution is 0.880. The second kappa shape index (κ2) is 7.75. The molecule has 5 heteroatoms. The maximum Gasteiger partial charge on any atom is 0.251 e. The Hall–Kier alpha value is -2.95. The molecule has 1 heterocycles. The summed E-state index contributed by atoms with van der Waals surface area (Å²) in [7, 11) is 0. The molecule has 1 N–H and O–H groups in total. The van der Waals surface area contributed by atoms with Crippen LogP contribution in [0, 0.1) is 13.8 Å². The second-order valence-corrected chi connectivity index (χ2v) is 6.00. The van der Waals surface area contributed by atoms with Crippen molar-refractivity contribution in [3.63, 3.8) is 0 Å². The SMILES string of the molecule is CCN(c1cccc(C)c1)c1nncc(NCc2ccccc2C)n1. The summed E-state index contributed by atoms with van der Waals surface area (Å²) < 4.78 is 0. The highest BCUT2D eigenvalue weighted by atomic mass is 15.3. The Kier molecular flexibility index (Phi) is 5.23. The van der Waals surface area contributed by atoms with Gasteiger partial charge in [0.25, 0.3) is 5.95 Å². The lowest BCUT2D eigenvalue weighted by Crippen LogP contribution is -2.20. The molecule has 0 spiro atoms. The predicted octanol–water partition coefficient (Wildman–Crippen LogP) is 4.26. The zero-order chi connectivity index (χ0) is 17.6. The molecule has 0 aliphatic heterocycles. The van der Waals surface area contributed by atoms with Gasteiger partial charge < -0.3 is 10.2 Å². The maximum absolute atomic E-state index is 4.64. The van der Waals surface area contributed by atoms with Gasteiger partial charge in [-0.1, -0.05) is 36.4 Å². The van der Waals surface area contributed by atoms with Gasteiger partial charge in [0, 0.05) is 18.8 Å². The summed E-state index contributed by atoms with van der Waals surface area (Å²) in [6.45, 7) is 7.75. The summed E-state index contributed by atoms with van der Waals surface area (Å²) in [6, 6.07) is 16.6. The molecule has 0 saturated carbocycles. The monoisotopic (exact) mass is 333 g/mol. The average Bonchev–Trinajstić information content (AvgIpc) is 2.62. The van der Waals surface area contributed by atoms with Gasteiger partial charge in [0.1, 0.15) is 0 Å². The number of nitrogens with zero attached hydrogens (tertiary/aromatic N) is 4. The van der Waals surface area contributed by atoms with Crippen LogP contribution >= 0.6 is 0 Å². The first-order chi connectivity index (χ1) is 12.2. The standard InChI is InChI=1S/C20H23N5/c1-4-25(18-11-7-8-15(2)12-18)20-23-19(14-22-24-20)21-13-17-10-6-5-9-16(17)3/h5-12,14H,4,13H2,1-3H3,(H,21,23,24). The molecular formula is C20H23N5. The summed E-state index contributed by atoms with van der Waals surface area (Å²) in [6.07, 6.45) is 1.66. The fraction of sp³-hybridized carbons (Fsp3) is 0.250. The Bertz CT molecular complexity index is 847. The molecule has 25 heavy (non-hydrogen) atoms. The molecule has 0 amide bonds. The van der Waals surface area contributed by atoms with Crippen LogP contribution in [-0.4, -0.2) is 21.7 Å². The number of aromatic nitrogens is 3. The largest absolute Gasteiger partial charge is 0.365 e. The number of aryl methyl sites for hydroxylation is 2. The van der Waals surface area contributed by atoms with Gasteiger partial charge in [0.15, 0.2) is 5.82 Å². The number of rotatable bonds is 6. The van der Waals surface area contributed by atoms with E-state index in [4.69, 9.17) is 0 Å². The minimum absolute atomic E-state index is 0.600. The topological polar surface area (TPSA) is 53.9 Å². The van der Waals surface area contributed by atoms with E-state index in [0.717, 1.165) is 18.1 Å². The lowest BCUT2D eigenvalue weighted by Gasteiger charge is -2.21. The Balaban J connectivity index is 1.79. The van der Waals surface area contributed by atoms with Crippen molar-refractivity contribution in [2.45, 2.75) is 27.3 Å². The summed E-state index contributed by atoms with van der Waals surface area (Å²) >= 11 is 0.